The molecule has 100 valence electrons. The summed E-state index contributed by atoms with van der Waals surface area (Å²) in [6.45, 7) is 4.03. The van der Waals surface area contributed by atoms with E-state index < -0.39 is 0 Å². The number of rotatable bonds is 3. The lowest BCUT2D eigenvalue weighted by atomic mass is 10.0. The van der Waals surface area contributed by atoms with Crippen LogP contribution in [0.4, 0.5) is 0 Å². The van der Waals surface area contributed by atoms with Crippen LogP contribution < -0.4 is 5.32 Å². The number of hydrogen-bond acceptors (Lipinski definition) is 2. The Morgan fingerprint density at radius 2 is 2.21 bits per heavy atom. The summed E-state index contributed by atoms with van der Waals surface area (Å²) < 4.78 is 0. The second-order valence-electron chi connectivity index (χ2n) is 5.27. The lowest BCUT2D eigenvalue weighted by Crippen LogP contribution is -2.34. The highest BCUT2D eigenvalue weighted by molar-refractivity contribution is 5.96. The highest BCUT2D eigenvalue weighted by atomic mass is 16.2. The summed E-state index contributed by atoms with van der Waals surface area (Å²) >= 11 is 0. The first-order valence-corrected chi connectivity index (χ1v) is 6.58. The second-order valence-corrected chi connectivity index (χ2v) is 5.27. The van der Waals surface area contributed by atoms with E-state index in [1.54, 1.807) is 0 Å². The van der Waals surface area contributed by atoms with Crippen molar-refractivity contribution >= 4 is 5.91 Å². The van der Waals surface area contributed by atoms with Gasteiger partial charge in [0, 0.05) is 23.1 Å². The molecule has 1 aromatic rings. The van der Waals surface area contributed by atoms with Crippen LogP contribution in [0.25, 0.3) is 0 Å². The number of amides is 1. The fraction of sp³-hybridized carbons (Fsp3) is 0.438. The third-order valence-corrected chi connectivity index (χ3v) is 3.45. The minimum Gasteiger partial charge on any atom is -0.395 e. The van der Waals surface area contributed by atoms with Crippen molar-refractivity contribution in [2.45, 2.75) is 38.6 Å². The van der Waals surface area contributed by atoms with E-state index in [0.29, 0.717) is 12.0 Å². The van der Waals surface area contributed by atoms with E-state index in [1.807, 2.05) is 25.1 Å². The van der Waals surface area contributed by atoms with Gasteiger partial charge in [0.25, 0.3) is 5.91 Å². The molecule has 0 aliphatic heterocycles. The number of carbonyl (C=O) groups excluding carboxylic acids is 1. The Bertz CT molecular complexity index is 548. The third kappa shape index (κ3) is 3.36. The van der Waals surface area contributed by atoms with E-state index >= 15 is 0 Å². The van der Waals surface area contributed by atoms with Gasteiger partial charge >= 0.3 is 0 Å². The zero-order valence-corrected chi connectivity index (χ0v) is 11.4. The number of aliphatic hydroxyl groups excluding tert-OH is 1. The molecule has 0 heterocycles. The molecule has 1 aromatic carbocycles. The number of nitrogens with one attached hydrogen (secondary N) is 1. The predicted molar refractivity (Wildman–Crippen MR) is 74.9 cm³/mol. The van der Waals surface area contributed by atoms with Crippen LogP contribution in [0.1, 0.15) is 47.7 Å². The topological polar surface area (TPSA) is 49.3 Å². The normalized spacial score (nSPS) is 15.3. The second kappa shape index (κ2) is 5.46. The van der Waals surface area contributed by atoms with Gasteiger partial charge in [0.15, 0.2) is 0 Å². The molecular weight excluding hydrogens is 238 g/mol. The molecule has 0 saturated heterocycles. The zero-order chi connectivity index (χ0) is 13.9. The van der Waals surface area contributed by atoms with Gasteiger partial charge in [0.2, 0.25) is 0 Å². The highest BCUT2D eigenvalue weighted by Crippen LogP contribution is 2.34. The standard InChI is InChI=1S/C16H19NO2/c1-12-13(6-3-4-11-18)7-5-8-14(12)15(19)17-16(2)9-10-16/h5,7-8,18H,4,9-11H2,1-2H3,(H,17,19). The van der Waals surface area contributed by atoms with Crippen LogP contribution in [0, 0.1) is 18.8 Å². The largest absolute Gasteiger partial charge is 0.395 e. The Hall–Kier alpha value is -1.79. The smallest absolute Gasteiger partial charge is 0.252 e. The van der Waals surface area contributed by atoms with Crippen molar-refractivity contribution in [3.8, 4) is 11.8 Å². The molecule has 0 spiro atoms. The van der Waals surface area contributed by atoms with Crippen LogP contribution in [0.15, 0.2) is 18.2 Å². The lowest BCUT2D eigenvalue weighted by Gasteiger charge is -2.13. The van der Waals surface area contributed by atoms with Gasteiger partial charge in [-0.25, -0.2) is 0 Å². The van der Waals surface area contributed by atoms with E-state index in [-0.39, 0.29) is 18.1 Å². The van der Waals surface area contributed by atoms with Crippen LogP contribution in [0.5, 0.6) is 0 Å². The summed E-state index contributed by atoms with van der Waals surface area (Å²) in [5.41, 5.74) is 2.42. The van der Waals surface area contributed by atoms with Crippen LogP contribution in [0.2, 0.25) is 0 Å². The van der Waals surface area contributed by atoms with Crippen molar-refractivity contribution in [2.75, 3.05) is 6.61 Å². The Kier molecular flexibility index (Phi) is 3.92. The van der Waals surface area contributed by atoms with Crippen LogP contribution in [-0.2, 0) is 0 Å². The van der Waals surface area contributed by atoms with Crippen molar-refractivity contribution in [3.63, 3.8) is 0 Å². The molecule has 1 aliphatic carbocycles. The van der Waals surface area contributed by atoms with E-state index in [2.05, 4.69) is 24.1 Å². The fourth-order valence-electron chi connectivity index (χ4n) is 1.88. The maximum atomic E-state index is 12.2. The van der Waals surface area contributed by atoms with Gasteiger partial charge in [-0.2, -0.15) is 0 Å². The van der Waals surface area contributed by atoms with Gasteiger partial charge < -0.3 is 10.4 Å². The highest BCUT2D eigenvalue weighted by Gasteiger charge is 2.38. The van der Waals surface area contributed by atoms with E-state index in [4.69, 9.17) is 5.11 Å². The molecule has 3 heteroatoms. The Labute approximate surface area is 114 Å². The first kappa shape index (κ1) is 13.6. The number of carbonyl (C=O) groups is 1. The van der Waals surface area contributed by atoms with Gasteiger partial charge in [0.05, 0.1) is 6.61 Å². The van der Waals surface area contributed by atoms with Crippen LogP contribution in [-0.4, -0.2) is 23.2 Å². The monoisotopic (exact) mass is 257 g/mol. The Balaban J connectivity index is 2.19. The molecule has 0 unspecified atom stereocenters. The molecule has 1 saturated carbocycles. The minimum atomic E-state index is -0.0247. The fourth-order valence-corrected chi connectivity index (χ4v) is 1.88. The van der Waals surface area contributed by atoms with Crippen molar-refractivity contribution in [1.29, 1.82) is 0 Å². The molecule has 0 atom stereocenters. The lowest BCUT2D eigenvalue weighted by molar-refractivity contribution is 0.0935. The average Bonchev–Trinajstić information content (AvgIpc) is 3.09. The molecule has 2 rings (SSSR count). The summed E-state index contributed by atoms with van der Waals surface area (Å²) in [6, 6.07) is 5.57. The zero-order valence-electron chi connectivity index (χ0n) is 11.4. The number of hydrogen-bond donors (Lipinski definition) is 2. The Morgan fingerprint density at radius 1 is 1.47 bits per heavy atom. The maximum Gasteiger partial charge on any atom is 0.252 e. The van der Waals surface area contributed by atoms with Crippen LogP contribution >= 0.6 is 0 Å². The molecule has 0 aromatic heterocycles. The number of aliphatic hydroxyl groups is 1. The molecular formula is C16H19NO2. The van der Waals surface area contributed by atoms with Gasteiger partial charge in [-0.05, 0) is 44.4 Å². The molecule has 0 radical (unpaired) electrons. The van der Waals surface area contributed by atoms with Gasteiger partial charge in [-0.3, -0.25) is 4.79 Å². The minimum absolute atomic E-state index is 0.0118. The first-order chi connectivity index (χ1) is 9.06. The Morgan fingerprint density at radius 3 is 2.84 bits per heavy atom. The van der Waals surface area contributed by atoms with Crippen LogP contribution in [0.3, 0.4) is 0 Å². The summed E-state index contributed by atoms with van der Waals surface area (Å²) in [5, 5.41) is 11.8. The summed E-state index contributed by atoms with van der Waals surface area (Å²) in [7, 11) is 0. The van der Waals surface area contributed by atoms with Crippen molar-refractivity contribution in [1.82, 2.24) is 5.32 Å². The first-order valence-electron chi connectivity index (χ1n) is 6.58. The van der Waals surface area contributed by atoms with Gasteiger partial charge in [-0.1, -0.05) is 17.9 Å². The van der Waals surface area contributed by atoms with E-state index in [0.717, 1.165) is 24.0 Å². The SMILES string of the molecule is Cc1c(C#CCCO)cccc1C(=O)NC1(C)CC1. The third-order valence-electron chi connectivity index (χ3n) is 3.45. The number of benzene rings is 1. The summed E-state index contributed by atoms with van der Waals surface area (Å²) in [4.78, 5) is 12.2. The summed E-state index contributed by atoms with van der Waals surface area (Å²) in [6.07, 6.45) is 2.55. The molecule has 0 bridgehead atoms. The molecule has 1 amide bonds. The van der Waals surface area contributed by atoms with Gasteiger partial charge in [0.1, 0.15) is 0 Å². The molecule has 19 heavy (non-hydrogen) atoms. The van der Waals surface area contributed by atoms with Crippen molar-refractivity contribution in [3.05, 3.63) is 34.9 Å². The van der Waals surface area contributed by atoms with Gasteiger partial charge in [-0.15, -0.1) is 0 Å². The molecule has 1 aliphatic rings. The molecule has 2 N–H and O–H groups in total. The van der Waals surface area contributed by atoms with Crippen molar-refractivity contribution < 1.29 is 9.90 Å². The predicted octanol–water partition coefficient (Wildman–Crippen LogP) is 2.01. The van der Waals surface area contributed by atoms with Crippen molar-refractivity contribution in [2.24, 2.45) is 0 Å². The molecule has 1 fully saturated rings. The van der Waals surface area contributed by atoms with E-state index in [9.17, 15) is 4.79 Å². The van der Waals surface area contributed by atoms with E-state index in [1.165, 1.54) is 0 Å². The average molecular weight is 257 g/mol. The quantitative estimate of drug-likeness (QED) is 0.814. The molecule has 3 nitrogen and oxygen atoms in total. The maximum absolute atomic E-state index is 12.2. The summed E-state index contributed by atoms with van der Waals surface area (Å²) in [5.74, 6) is 5.86.